The van der Waals surface area contributed by atoms with Gasteiger partial charge in [0, 0.05) is 24.6 Å². The zero-order chi connectivity index (χ0) is 14.5. The number of aryl methyl sites for hydroxylation is 1. The number of carbonyl (C=O) groups is 1. The van der Waals surface area contributed by atoms with E-state index in [4.69, 9.17) is 10.4 Å². The Labute approximate surface area is 116 Å². The van der Waals surface area contributed by atoms with Crippen LogP contribution in [0.25, 0.3) is 6.08 Å². The number of aromatic hydroxyl groups is 1. The molecule has 0 saturated heterocycles. The largest absolute Gasteiger partial charge is 0.508 e. The van der Waals surface area contributed by atoms with Crippen LogP contribution in [0, 0.1) is 11.3 Å². The summed E-state index contributed by atoms with van der Waals surface area (Å²) in [6.45, 7) is 0. The third kappa shape index (κ3) is 3.06. The van der Waals surface area contributed by atoms with Crippen LogP contribution < -0.4 is 5.32 Å². The molecule has 0 aliphatic carbocycles. The van der Waals surface area contributed by atoms with Crippen LogP contribution >= 0.6 is 0 Å². The molecule has 0 saturated carbocycles. The zero-order valence-corrected chi connectivity index (χ0v) is 10.9. The second-order valence-electron chi connectivity index (χ2n) is 4.21. The fraction of sp³-hybridized carbons (Fsp3) is 0.0667. The van der Waals surface area contributed by atoms with Crippen molar-refractivity contribution < 1.29 is 9.90 Å². The van der Waals surface area contributed by atoms with E-state index in [0.717, 1.165) is 5.69 Å². The summed E-state index contributed by atoms with van der Waals surface area (Å²) in [5, 5.41) is 20.9. The van der Waals surface area contributed by atoms with Crippen LogP contribution in [0.5, 0.6) is 5.75 Å². The molecule has 0 atom stereocenters. The second kappa shape index (κ2) is 5.76. The Kier molecular flexibility index (Phi) is 3.87. The average Bonchev–Trinajstić information content (AvgIpc) is 2.84. The van der Waals surface area contributed by atoms with E-state index in [1.807, 2.05) is 36.0 Å². The van der Waals surface area contributed by atoms with Gasteiger partial charge in [-0.3, -0.25) is 4.79 Å². The number of nitrogens with one attached hydrogen (secondary N) is 1. The minimum atomic E-state index is -0.487. The maximum Gasteiger partial charge on any atom is 0.266 e. The molecule has 0 aliphatic heterocycles. The highest BCUT2D eigenvalue weighted by molar-refractivity contribution is 6.09. The van der Waals surface area contributed by atoms with Gasteiger partial charge >= 0.3 is 0 Å². The molecule has 0 aliphatic rings. The molecule has 2 N–H and O–H groups in total. The minimum absolute atomic E-state index is 0.0138. The number of carbonyl (C=O) groups excluding carboxylic acids is 1. The Bertz CT molecular complexity index is 691. The Balaban J connectivity index is 2.18. The molecule has 1 heterocycles. The summed E-state index contributed by atoms with van der Waals surface area (Å²) in [4.78, 5) is 12.0. The SMILES string of the molecule is Cn1cccc1/C=C(/C#N)C(=O)Nc1ccc(O)cc1. The highest BCUT2D eigenvalue weighted by Crippen LogP contribution is 2.15. The number of aromatic nitrogens is 1. The van der Waals surface area contributed by atoms with Crippen molar-refractivity contribution in [3.8, 4) is 11.8 Å². The van der Waals surface area contributed by atoms with E-state index in [1.165, 1.54) is 18.2 Å². The number of nitrogens with zero attached hydrogens (tertiary/aromatic N) is 2. The number of phenols is 1. The predicted molar refractivity (Wildman–Crippen MR) is 75.7 cm³/mol. The summed E-state index contributed by atoms with van der Waals surface area (Å²) >= 11 is 0. The number of amides is 1. The van der Waals surface area contributed by atoms with Gasteiger partial charge in [0.25, 0.3) is 5.91 Å². The van der Waals surface area contributed by atoms with E-state index in [0.29, 0.717) is 5.69 Å². The molecule has 1 aromatic carbocycles. The van der Waals surface area contributed by atoms with Crippen molar-refractivity contribution in [1.29, 1.82) is 5.26 Å². The molecule has 0 unspecified atom stereocenters. The summed E-state index contributed by atoms with van der Waals surface area (Å²) in [6, 6.07) is 11.6. The van der Waals surface area contributed by atoms with Crippen molar-refractivity contribution in [3.05, 3.63) is 53.9 Å². The first-order valence-electron chi connectivity index (χ1n) is 5.93. The minimum Gasteiger partial charge on any atom is -0.508 e. The van der Waals surface area contributed by atoms with Crippen molar-refractivity contribution >= 4 is 17.7 Å². The first-order valence-corrected chi connectivity index (χ1v) is 5.93. The lowest BCUT2D eigenvalue weighted by atomic mass is 10.2. The zero-order valence-electron chi connectivity index (χ0n) is 10.9. The van der Waals surface area contributed by atoms with E-state index >= 15 is 0 Å². The quantitative estimate of drug-likeness (QED) is 0.508. The molecular formula is C15H13N3O2. The number of anilines is 1. The maximum absolute atomic E-state index is 12.0. The standard InChI is InChI=1S/C15H13N3O2/c1-18-8-2-3-13(18)9-11(10-16)15(20)17-12-4-6-14(19)7-5-12/h2-9,19H,1H3,(H,17,20)/b11-9-. The van der Waals surface area contributed by atoms with Crippen LogP contribution in [-0.2, 0) is 11.8 Å². The van der Waals surface area contributed by atoms with Crippen molar-refractivity contribution in [1.82, 2.24) is 4.57 Å². The number of hydrogen-bond acceptors (Lipinski definition) is 3. The normalized spacial score (nSPS) is 10.9. The van der Waals surface area contributed by atoms with Gasteiger partial charge in [-0.1, -0.05) is 0 Å². The monoisotopic (exact) mass is 267 g/mol. The third-order valence-electron chi connectivity index (χ3n) is 2.77. The lowest BCUT2D eigenvalue weighted by Crippen LogP contribution is -2.13. The van der Waals surface area contributed by atoms with Gasteiger partial charge in [-0.25, -0.2) is 0 Å². The molecule has 0 radical (unpaired) electrons. The summed E-state index contributed by atoms with van der Waals surface area (Å²) in [7, 11) is 1.83. The van der Waals surface area contributed by atoms with Gasteiger partial charge in [-0.15, -0.1) is 0 Å². The van der Waals surface area contributed by atoms with Gasteiger partial charge < -0.3 is 15.0 Å². The van der Waals surface area contributed by atoms with Crippen LogP contribution in [0.3, 0.4) is 0 Å². The number of phenolic OH excluding ortho intramolecular Hbond substituents is 1. The van der Waals surface area contributed by atoms with Crippen LogP contribution in [0.4, 0.5) is 5.69 Å². The summed E-state index contributed by atoms with van der Waals surface area (Å²) in [5.41, 5.74) is 1.29. The Morgan fingerprint density at radius 1 is 1.35 bits per heavy atom. The second-order valence-corrected chi connectivity index (χ2v) is 4.21. The molecule has 2 rings (SSSR count). The van der Waals surface area contributed by atoms with Crippen LogP contribution in [-0.4, -0.2) is 15.6 Å². The molecule has 0 spiro atoms. The number of rotatable bonds is 3. The fourth-order valence-electron chi connectivity index (χ4n) is 1.66. The van der Waals surface area contributed by atoms with Crippen molar-refractivity contribution in [2.75, 3.05) is 5.32 Å². The topological polar surface area (TPSA) is 78.0 Å². The van der Waals surface area contributed by atoms with Crippen molar-refractivity contribution in [2.45, 2.75) is 0 Å². The van der Waals surface area contributed by atoms with E-state index in [9.17, 15) is 4.79 Å². The Hall–Kier alpha value is -3.00. The smallest absolute Gasteiger partial charge is 0.266 e. The third-order valence-corrected chi connectivity index (χ3v) is 2.77. The van der Waals surface area contributed by atoms with E-state index in [2.05, 4.69) is 5.32 Å². The number of hydrogen-bond donors (Lipinski definition) is 2. The first kappa shape index (κ1) is 13.4. The number of benzene rings is 1. The van der Waals surface area contributed by atoms with Gasteiger partial charge in [0.05, 0.1) is 0 Å². The summed E-state index contributed by atoms with van der Waals surface area (Å²) in [6.07, 6.45) is 3.36. The molecule has 1 amide bonds. The van der Waals surface area contributed by atoms with Gasteiger partial charge in [0.15, 0.2) is 0 Å². The lowest BCUT2D eigenvalue weighted by Gasteiger charge is -2.04. The predicted octanol–water partition coefficient (Wildman–Crippen LogP) is 2.28. The van der Waals surface area contributed by atoms with Crippen molar-refractivity contribution in [2.24, 2.45) is 7.05 Å². The lowest BCUT2D eigenvalue weighted by molar-refractivity contribution is -0.112. The van der Waals surface area contributed by atoms with Crippen LogP contribution in [0.15, 0.2) is 48.2 Å². The summed E-state index contributed by atoms with van der Waals surface area (Å²) < 4.78 is 1.81. The van der Waals surface area contributed by atoms with Gasteiger partial charge in [-0.2, -0.15) is 5.26 Å². The van der Waals surface area contributed by atoms with E-state index < -0.39 is 5.91 Å². The molecule has 100 valence electrons. The highest BCUT2D eigenvalue weighted by Gasteiger charge is 2.10. The molecule has 0 bridgehead atoms. The molecule has 0 fully saturated rings. The van der Waals surface area contributed by atoms with Gasteiger partial charge in [0.1, 0.15) is 17.4 Å². The Morgan fingerprint density at radius 2 is 2.05 bits per heavy atom. The van der Waals surface area contributed by atoms with Crippen molar-refractivity contribution in [3.63, 3.8) is 0 Å². The Morgan fingerprint density at radius 3 is 2.60 bits per heavy atom. The maximum atomic E-state index is 12.0. The molecular weight excluding hydrogens is 254 g/mol. The van der Waals surface area contributed by atoms with Crippen LogP contribution in [0.1, 0.15) is 5.69 Å². The first-order chi connectivity index (χ1) is 9.60. The van der Waals surface area contributed by atoms with E-state index in [-0.39, 0.29) is 11.3 Å². The molecule has 1 aromatic heterocycles. The average molecular weight is 267 g/mol. The molecule has 5 nitrogen and oxygen atoms in total. The highest BCUT2D eigenvalue weighted by atomic mass is 16.3. The van der Waals surface area contributed by atoms with Gasteiger partial charge in [-0.05, 0) is 42.5 Å². The summed E-state index contributed by atoms with van der Waals surface area (Å²) in [5.74, 6) is -0.373. The van der Waals surface area contributed by atoms with Crippen LogP contribution in [0.2, 0.25) is 0 Å². The molecule has 20 heavy (non-hydrogen) atoms. The van der Waals surface area contributed by atoms with E-state index in [1.54, 1.807) is 12.1 Å². The molecule has 2 aromatic rings. The van der Waals surface area contributed by atoms with Gasteiger partial charge in [0.2, 0.25) is 0 Å². The molecule has 5 heteroatoms. The fourth-order valence-corrected chi connectivity index (χ4v) is 1.66. The number of nitriles is 1.